The van der Waals surface area contributed by atoms with Crippen molar-refractivity contribution in [3.8, 4) is 17.1 Å². The highest BCUT2D eigenvalue weighted by molar-refractivity contribution is 5.91. The van der Waals surface area contributed by atoms with Gasteiger partial charge in [-0.25, -0.2) is 9.97 Å². The molecule has 1 amide bonds. The summed E-state index contributed by atoms with van der Waals surface area (Å²) >= 11 is 0. The highest BCUT2D eigenvalue weighted by Gasteiger charge is 2.28. The number of benzene rings is 1. The number of aryl methyl sites for hydroxylation is 2. The average molecular weight is 407 g/mol. The Morgan fingerprint density at radius 3 is 2.73 bits per heavy atom. The number of nitrogens with zero attached hydrogens (tertiary/aromatic N) is 5. The third-order valence-corrected chi connectivity index (χ3v) is 5.13. The van der Waals surface area contributed by atoms with Gasteiger partial charge < -0.3 is 9.64 Å². The van der Waals surface area contributed by atoms with Crippen LogP contribution in [0.5, 0.6) is 5.75 Å². The summed E-state index contributed by atoms with van der Waals surface area (Å²) in [5, 5.41) is 9.84. The number of aromatic nitrogens is 5. The van der Waals surface area contributed by atoms with Crippen LogP contribution in [0.1, 0.15) is 24.2 Å². The van der Waals surface area contributed by atoms with E-state index >= 15 is 0 Å². The van der Waals surface area contributed by atoms with Crippen LogP contribution in [0.25, 0.3) is 11.4 Å². The lowest BCUT2D eigenvalue weighted by atomic mass is 9.97. The molecule has 9 nitrogen and oxygen atoms in total. The third-order valence-electron chi connectivity index (χ3n) is 5.13. The van der Waals surface area contributed by atoms with Crippen LogP contribution in [-0.2, 0) is 4.79 Å². The van der Waals surface area contributed by atoms with E-state index in [1.165, 1.54) is 0 Å². The largest absolute Gasteiger partial charge is 0.496 e. The maximum absolute atomic E-state index is 12.8. The molecule has 0 saturated carbocycles. The van der Waals surface area contributed by atoms with Crippen molar-refractivity contribution in [3.63, 3.8) is 0 Å². The summed E-state index contributed by atoms with van der Waals surface area (Å²) in [7, 11) is 1.60. The number of carbonyl (C=O) groups is 1. The van der Waals surface area contributed by atoms with Gasteiger partial charge in [-0.2, -0.15) is 4.98 Å². The summed E-state index contributed by atoms with van der Waals surface area (Å²) in [6.45, 7) is 5.31. The van der Waals surface area contributed by atoms with Crippen molar-refractivity contribution in [3.05, 3.63) is 41.7 Å². The van der Waals surface area contributed by atoms with E-state index in [0.717, 1.165) is 36.3 Å². The molecule has 9 heteroatoms. The highest BCUT2D eigenvalue weighted by Crippen LogP contribution is 2.27. The number of methoxy groups -OCH3 is 1. The molecule has 2 aromatic heterocycles. The lowest BCUT2D eigenvalue weighted by Crippen LogP contribution is -2.41. The Kier molecular flexibility index (Phi) is 5.60. The van der Waals surface area contributed by atoms with Crippen LogP contribution in [0.15, 0.2) is 30.3 Å². The molecule has 1 aliphatic rings. The van der Waals surface area contributed by atoms with E-state index in [1.807, 2.05) is 44.2 Å². The number of nitrogens with one attached hydrogen (secondary N) is 2. The molecule has 1 fully saturated rings. The van der Waals surface area contributed by atoms with Crippen molar-refractivity contribution < 1.29 is 9.53 Å². The first-order valence-corrected chi connectivity index (χ1v) is 9.97. The summed E-state index contributed by atoms with van der Waals surface area (Å²) < 4.78 is 5.36. The number of hydrogen-bond donors (Lipinski definition) is 2. The second-order valence-electron chi connectivity index (χ2n) is 7.43. The van der Waals surface area contributed by atoms with Crippen molar-refractivity contribution in [2.75, 3.05) is 30.4 Å². The van der Waals surface area contributed by atoms with Gasteiger partial charge in [0.05, 0.1) is 18.6 Å². The highest BCUT2D eigenvalue weighted by atomic mass is 16.5. The van der Waals surface area contributed by atoms with Gasteiger partial charge >= 0.3 is 0 Å². The first kappa shape index (κ1) is 19.8. The molecule has 0 radical (unpaired) electrons. The van der Waals surface area contributed by atoms with E-state index < -0.39 is 0 Å². The fourth-order valence-electron chi connectivity index (χ4n) is 3.71. The Labute approximate surface area is 174 Å². The van der Waals surface area contributed by atoms with Crippen LogP contribution in [0.4, 0.5) is 11.9 Å². The number of ether oxygens (including phenoxy) is 1. The number of H-pyrrole nitrogens is 1. The first-order valence-electron chi connectivity index (χ1n) is 9.97. The van der Waals surface area contributed by atoms with Crippen molar-refractivity contribution in [2.24, 2.45) is 5.92 Å². The first-order chi connectivity index (χ1) is 14.5. The van der Waals surface area contributed by atoms with E-state index in [1.54, 1.807) is 7.11 Å². The monoisotopic (exact) mass is 407 g/mol. The maximum Gasteiger partial charge on any atom is 0.249 e. The van der Waals surface area contributed by atoms with Crippen molar-refractivity contribution in [2.45, 2.75) is 26.7 Å². The summed E-state index contributed by atoms with van der Waals surface area (Å²) in [5.41, 5.74) is 2.63. The van der Waals surface area contributed by atoms with Crippen LogP contribution in [0.2, 0.25) is 0 Å². The molecule has 0 unspecified atom stereocenters. The number of aromatic amines is 1. The third kappa shape index (κ3) is 4.24. The average Bonchev–Trinajstić information content (AvgIpc) is 3.21. The zero-order valence-electron chi connectivity index (χ0n) is 17.3. The molecular weight excluding hydrogens is 382 g/mol. The van der Waals surface area contributed by atoms with E-state index in [2.05, 4.69) is 35.4 Å². The molecule has 1 atom stereocenters. The SMILES string of the molecule is COc1ccccc1-c1nc(NC(=O)[C@@H]2CCCN(c3nc(C)cc(C)n3)C2)n[nH]1. The van der Waals surface area contributed by atoms with Crippen molar-refractivity contribution in [1.82, 2.24) is 25.1 Å². The topological polar surface area (TPSA) is 109 Å². The maximum atomic E-state index is 12.8. The second kappa shape index (κ2) is 8.48. The Hall–Kier alpha value is -3.49. The van der Waals surface area contributed by atoms with Gasteiger partial charge in [-0.1, -0.05) is 12.1 Å². The quantitative estimate of drug-likeness (QED) is 0.669. The van der Waals surface area contributed by atoms with Crippen LogP contribution in [0.3, 0.4) is 0 Å². The van der Waals surface area contributed by atoms with Crippen LogP contribution >= 0.6 is 0 Å². The Bertz CT molecular complexity index is 1030. The van der Waals surface area contributed by atoms with E-state index in [4.69, 9.17) is 4.74 Å². The summed E-state index contributed by atoms with van der Waals surface area (Å²) in [5.74, 6) is 1.87. The minimum Gasteiger partial charge on any atom is -0.496 e. The molecule has 2 N–H and O–H groups in total. The van der Waals surface area contributed by atoms with E-state index in [0.29, 0.717) is 24.1 Å². The van der Waals surface area contributed by atoms with E-state index in [9.17, 15) is 4.79 Å². The molecule has 0 bridgehead atoms. The lowest BCUT2D eigenvalue weighted by Gasteiger charge is -2.32. The minimum atomic E-state index is -0.184. The number of anilines is 2. The van der Waals surface area contributed by atoms with Gasteiger partial charge in [0.15, 0.2) is 5.82 Å². The summed E-state index contributed by atoms with van der Waals surface area (Å²) in [4.78, 5) is 28.4. The van der Waals surface area contributed by atoms with Crippen molar-refractivity contribution in [1.29, 1.82) is 0 Å². The molecular formula is C21H25N7O2. The standard InChI is InChI=1S/C21H25N7O2/c1-13-11-14(2)23-21(22-13)28-10-6-7-15(12-28)19(29)25-20-24-18(26-27-20)16-8-4-5-9-17(16)30-3/h4-5,8-9,11,15H,6-7,10,12H2,1-3H3,(H2,24,25,26,27,29)/t15-/m1/s1. The molecule has 1 aromatic carbocycles. The van der Waals surface area contributed by atoms with E-state index in [-0.39, 0.29) is 17.8 Å². The number of amides is 1. The van der Waals surface area contributed by atoms with Gasteiger partial charge in [-0.15, -0.1) is 5.10 Å². The summed E-state index contributed by atoms with van der Waals surface area (Å²) in [6, 6.07) is 9.45. The molecule has 156 valence electrons. The zero-order chi connectivity index (χ0) is 21.1. The molecule has 4 rings (SSSR count). The number of carbonyl (C=O) groups excluding carboxylic acids is 1. The number of rotatable bonds is 5. The van der Waals surface area contributed by atoms with Crippen LogP contribution in [0, 0.1) is 19.8 Å². The van der Waals surface area contributed by atoms with Gasteiger partial charge in [0.1, 0.15) is 5.75 Å². The number of hydrogen-bond acceptors (Lipinski definition) is 7. The van der Waals surface area contributed by atoms with Gasteiger partial charge in [0, 0.05) is 24.5 Å². The molecule has 3 aromatic rings. The molecule has 1 saturated heterocycles. The van der Waals surface area contributed by atoms with Crippen molar-refractivity contribution >= 4 is 17.8 Å². The predicted molar refractivity (Wildman–Crippen MR) is 113 cm³/mol. The normalized spacial score (nSPS) is 16.4. The zero-order valence-corrected chi connectivity index (χ0v) is 17.3. The number of para-hydroxylation sites is 1. The second-order valence-corrected chi connectivity index (χ2v) is 7.43. The Balaban J connectivity index is 1.44. The van der Waals surface area contributed by atoms with Gasteiger partial charge in [-0.3, -0.25) is 15.2 Å². The molecule has 30 heavy (non-hydrogen) atoms. The molecule has 0 aliphatic carbocycles. The van der Waals surface area contributed by atoms with Gasteiger partial charge in [0.2, 0.25) is 17.8 Å². The smallest absolute Gasteiger partial charge is 0.249 e. The van der Waals surface area contributed by atoms with Crippen LogP contribution < -0.4 is 15.0 Å². The molecule has 3 heterocycles. The predicted octanol–water partition coefficient (Wildman–Crippen LogP) is 2.74. The lowest BCUT2D eigenvalue weighted by molar-refractivity contribution is -0.120. The van der Waals surface area contributed by atoms with Gasteiger partial charge in [-0.05, 0) is 44.9 Å². The molecule has 1 aliphatic heterocycles. The fraction of sp³-hybridized carbons (Fsp3) is 0.381. The molecule has 0 spiro atoms. The van der Waals surface area contributed by atoms with Crippen LogP contribution in [-0.4, -0.2) is 51.3 Å². The minimum absolute atomic E-state index is 0.102. The number of piperidine rings is 1. The summed E-state index contributed by atoms with van der Waals surface area (Å²) in [6.07, 6.45) is 1.70. The fourth-order valence-corrected chi connectivity index (χ4v) is 3.71. The van der Waals surface area contributed by atoms with Gasteiger partial charge in [0.25, 0.3) is 0 Å². The Morgan fingerprint density at radius 2 is 1.97 bits per heavy atom. The Morgan fingerprint density at radius 1 is 1.20 bits per heavy atom.